The highest BCUT2D eigenvalue weighted by atomic mass is 16.1. The first kappa shape index (κ1) is 6.71. The lowest BCUT2D eigenvalue weighted by molar-refractivity contribution is -0.124. The molecule has 0 aromatic rings. The summed E-state index contributed by atoms with van der Waals surface area (Å²) in [6.45, 7) is 5.10. The average molecular weight is 128 g/mol. The number of Topliss-reactive ketones (excluding diaryl/α,β-unsaturated/α-hetero) is 1. The summed E-state index contributed by atoms with van der Waals surface area (Å²) >= 11 is 0. The van der Waals surface area contributed by atoms with Gasteiger partial charge >= 0.3 is 0 Å². The molecule has 3 nitrogen and oxygen atoms in total. The summed E-state index contributed by atoms with van der Waals surface area (Å²) in [4.78, 5) is 10.9. The van der Waals surface area contributed by atoms with Gasteiger partial charge in [0.05, 0.1) is 5.41 Å². The van der Waals surface area contributed by atoms with Crippen LogP contribution in [0.15, 0.2) is 0 Å². The molecule has 2 N–H and O–H groups in total. The molecule has 0 spiro atoms. The highest BCUT2D eigenvalue weighted by Crippen LogP contribution is 2.17. The predicted molar refractivity (Wildman–Crippen MR) is 34.8 cm³/mol. The van der Waals surface area contributed by atoms with Crippen molar-refractivity contribution in [3.05, 3.63) is 0 Å². The number of hydrogen-bond donors (Lipinski definition) is 2. The smallest absolute Gasteiger partial charge is 0.138 e. The van der Waals surface area contributed by atoms with Crippen molar-refractivity contribution in [3.8, 4) is 0 Å². The molecule has 0 bridgehead atoms. The molecule has 1 fully saturated rings. The minimum atomic E-state index is -0.167. The molecule has 0 aliphatic carbocycles. The van der Waals surface area contributed by atoms with Crippen molar-refractivity contribution in [1.29, 1.82) is 0 Å². The second kappa shape index (κ2) is 2.08. The number of hydrazine groups is 1. The van der Waals surface area contributed by atoms with Gasteiger partial charge in [0, 0.05) is 13.1 Å². The molecule has 0 saturated carbocycles. The Hall–Kier alpha value is -0.410. The SMILES string of the molecule is CC(=O)C1(C)CNNC1. The zero-order valence-electron chi connectivity index (χ0n) is 5.82. The summed E-state index contributed by atoms with van der Waals surface area (Å²) in [5.74, 6) is 0.250. The van der Waals surface area contributed by atoms with Crippen molar-refractivity contribution < 1.29 is 4.79 Å². The Morgan fingerprint density at radius 1 is 1.44 bits per heavy atom. The van der Waals surface area contributed by atoms with Crippen molar-refractivity contribution in [2.75, 3.05) is 13.1 Å². The van der Waals surface area contributed by atoms with E-state index < -0.39 is 0 Å². The zero-order valence-corrected chi connectivity index (χ0v) is 5.82. The van der Waals surface area contributed by atoms with Gasteiger partial charge in [-0.3, -0.25) is 15.6 Å². The molecule has 52 valence electrons. The van der Waals surface area contributed by atoms with Crippen LogP contribution in [0.4, 0.5) is 0 Å². The van der Waals surface area contributed by atoms with Gasteiger partial charge in [0.2, 0.25) is 0 Å². The van der Waals surface area contributed by atoms with Crippen LogP contribution >= 0.6 is 0 Å². The van der Waals surface area contributed by atoms with Crippen molar-refractivity contribution >= 4 is 5.78 Å². The highest BCUT2D eigenvalue weighted by Gasteiger charge is 2.32. The highest BCUT2D eigenvalue weighted by molar-refractivity contribution is 5.82. The molecule has 1 rings (SSSR count). The fraction of sp³-hybridized carbons (Fsp3) is 0.833. The van der Waals surface area contributed by atoms with Gasteiger partial charge in [0.15, 0.2) is 0 Å². The van der Waals surface area contributed by atoms with E-state index in [2.05, 4.69) is 10.9 Å². The van der Waals surface area contributed by atoms with Crippen LogP contribution in [0, 0.1) is 5.41 Å². The van der Waals surface area contributed by atoms with Crippen LogP contribution in [0.3, 0.4) is 0 Å². The van der Waals surface area contributed by atoms with E-state index >= 15 is 0 Å². The molecule has 3 heteroatoms. The molecule has 0 aromatic carbocycles. The Morgan fingerprint density at radius 3 is 2.11 bits per heavy atom. The third kappa shape index (κ3) is 1.11. The minimum Gasteiger partial charge on any atom is -0.299 e. The van der Waals surface area contributed by atoms with Gasteiger partial charge < -0.3 is 0 Å². The molecule has 0 radical (unpaired) electrons. The van der Waals surface area contributed by atoms with Crippen LogP contribution in [-0.4, -0.2) is 18.9 Å². The molecule has 0 aromatic heterocycles. The maximum atomic E-state index is 10.9. The van der Waals surface area contributed by atoms with Crippen LogP contribution in [0.25, 0.3) is 0 Å². The lowest BCUT2D eigenvalue weighted by Crippen LogP contribution is -2.30. The van der Waals surface area contributed by atoms with Crippen LogP contribution in [0.5, 0.6) is 0 Å². The third-order valence-electron chi connectivity index (χ3n) is 1.93. The van der Waals surface area contributed by atoms with E-state index in [1.54, 1.807) is 6.92 Å². The van der Waals surface area contributed by atoms with E-state index in [1.807, 2.05) is 6.92 Å². The van der Waals surface area contributed by atoms with Gasteiger partial charge in [-0.1, -0.05) is 6.92 Å². The van der Waals surface area contributed by atoms with Gasteiger partial charge in [-0.15, -0.1) is 0 Å². The lowest BCUT2D eigenvalue weighted by atomic mass is 9.88. The normalized spacial score (nSPS) is 24.2. The molecule has 0 amide bonds. The lowest BCUT2D eigenvalue weighted by Gasteiger charge is -2.15. The second-order valence-corrected chi connectivity index (χ2v) is 2.82. The molecule has 9 heavy (non-hydrogen) atoms. The summed E-state index contributed by atoms with van der Waals surface area (Å²) < 4.78 is 0. The number of hydrogen-bond acceptors (Lipinski definition) is 3. The summed E-state index contributed by atoms with van der Waals surface area (Å²) in [5, 5.41) is 0. The van der Waals surface area contributed by atoms with E-state index in [0.29, 0.717) is 0 Å². The van der Waals surface area contributed by atoms with E-state index in [9.17, 15) is 4.79 Å². The summed E-state index contributed by atoms with van der Waals surface area (Å²) in [5.41, 5.74) is 5.68. The molecule has 1 aliphatic rings. The van der Waals surface area contributed by atoms with Gasteiger partial charge in [-0.25, -0.2) is 0 Å². The Bertz CT molecular complexity index is 127. The van der Waals surface area contributed by atoms with Gasteiger partial charge in [-0.2, -0.15) is 0 Å². The first-order valence-electron chi connectivity index (χ1n) is 3.12. The van der Waals surface area contributed by atoms with E-state index in [4.69, 9.17) is 0 Å². The van der Waals surface area contributed by atoms with Gasteiger partial charge in [-0.05, 0) is 6.92 Å². The molecule has 1 aliphatic heterocycles. The average Bonchev–Trinajstić information content (AvgIpc) is 2.16. The number of carbonyl (C=O) groups is 1. The molecule has 0 atom stereocenters. The zero-order chi connectivity index (χ0) is 6.91. The van der Waals surface area contributed by atoms with Crippen LogP contribution < -0.4 is 10.9 Å². The van der Waals surface area contributed by atoms with Gasteiger partial charge in [0.1, 0.15) is 5.78 Å². The maximum Gasteiger partial charge on any atom is 0.138 e. The maximum absolute atomic E-state index is 10.9. The van der Waals surface area contributed by atoms with Crippen LogP contribution in [-0.2, 0) is 4.79 Å². The van der Waals surface area contributed by atoms with Crippen molar-refractivity contribution in [1.82, 2.24) is 10.9 Å². The van der Waals surface area contributed by atoms with Crippen molar-refractivity contribution in [2.45, 2.75) is 13.8 Å². The number of rotatable bonds is 1. The Labute approximate surface area is 54.8 Å². The first-order chi connectivity index (χ1) is 4.15. The van der Waals surface area contributed by atoms with Crippen LogP contribution in [0.2, 0.25) is 0 Å². The Kier molecular flexibility index (Phi) is 1.55. The topological polar surface area (TPSA) is 41.1 Å². The molecular weight excluding hydrogens is 116 g/mol. The molecule has 1 saturated heterocycles. The van der Waals surface area contributed by atoms with E-state index in [0.717, 1.165) is 13.1 Å². The molecular formula is C6H12N2O. The predicted octanol–water partition coefficient (Wildman–Crippen LogP) is -0.311. The largest absolute Gasteiger partial charge is 0.299 e. The molecule has 1 heterocycles. The van der Waals surface area contributed by atoms with Crippen LogP contribution in [0.1, 0.15) is 13.8 Å². The second-order valence-electron chi connectivity index (χ2n) is 2.82. The quantitative estimate of drug-likeness (QED) is 0.509. The monoisotopic (exact) mass is 128 g/mol. The Balaban J connectivity index is 2.61. The van der Waals surface area contributed by atoms with E-state index in [1.165, 1.54) is 0 Å². The molecule has 0 unspecified atom stereocenters. The van der Waals surface area contributed by atoms with Gasteiger partial charge in [0.25, 0.3) is 0 Å². The standard InChI is InChI=1S/C6H12N2O/c1-5(9)6(2)3-7-8-4-6/h7-8H,3-4H2,1-2H3. The Morgan fingerprint density at radius 2 is 1.89 bits per heavy atom. The van der Waals surface area contributed by atoms with Crippen molar-refractivity contribution in [3.63, 3.8) is 0 Å². The summed E-state index contributed by atoms with van der Waals surface area (Å²) in [6.07, 6.45) is 0. The summed E-state index contributed by atoms with van der Waals surface area (Å²) in [6, 6.07) is 0. The third-order valence-corrected chi connectivity index (χ3v) is 1.93. The minimum absolute atomic E-state index is 0.167. The first-order valence-corrected chi connectivity index (χ1v) is 3.12. The fourth-order valence-electron chi connectivity index (χ4n) is 0.827. The fourth-order valence-corrected chi connectivity index (χ4v) is 0.827. The number of ketones is 1. The number of nitrogens with one attached hydrogen (secondary N) is 2. The number of carbonyl (C=O) groups excluding carboxylic acids is 1. The van der Waals surface area contributed by atoms with E-state index in [-0.39, 0.29) is 11.2 Å². The summed E-state index contributed by atoms with van der Waals surface area (Å²) in [7, 11) is 0. The van der Waals surface area contributed by atoms with Crippen molar-refractivity contribution in [2.24, 2.45) is 5.41 Å².